The Morgan fingerprint density at radius 2 is 1.84 bits per heavy atom. The van der Waals surface area contributed by atoms with E-state index in [1.807, 2.05) is 0 Å². The summed E-state index contributed by atoms with van der Waals surface area (Å²) in [4.78, 5) is 2.46. The summed E-state index contributed by atoms with van der Waals surface area (Å²) in [5.74, 6) is 0.798. The minimum atomic E-state index is -3.22. The molecule has 106 valence electrons. The molecule has 1 aliphatic rings. The molecule has 1 fully saturated rings. The standard InChI is InChI=1S/C13H19NO4S/c1-17-12-2-4-13(5-3-12)19(15,16)11-8-14-6-9-18-10-7-14/h2-5H,6-11H2,1H3. The molecule has 0 N–H and O–H groups in total. The fourth-order valence-corrected chi connectivity index (χ4v) is 3.26. The van der Waals surface area contributed by atoms with Crippen molar-refractivity contribution in [3.8, 4) is 5.75 Å². The first-order valence-electron chi connectivity index (χ1n) is 6.29. The van der Waals surface area contributed by atoms with Crippen molar-refractivity contribution in [3.05, 3.63) is 24.3 Å². The molecule has 1 saturated heterocycles. The molecular weight excluding hydrogens is 266 g/mol. The van der Waals surface area contributed by atoms with Gasteiger partial charge in [-0.25, -0.2) is 8.42 Å². The van der Waals surface area contributed by atoms with E-state index in [-0.39, 0.29) is 5.75 Å². The van der Waals surface area contributed by atoms with Crippen molar-refractivity contribution < 1.29 is 17.9 Å². The number of nitrogens with zero attached hydrogens (tertiary/aromatic N) is 1. The Balaban J connectivity index is 1.96. The van der Waals surface area contributed by atoms with E-state index in [9.17, 15) is 8.42 Å². The van der Waals surface area contributed by atoms with Crippen LogP contribution < -0.4 is 4.74 Å². The second-order valence-electron chi connectivity index (χ2n) is 4.45. The molecule has 1 aliphatic heterocycles. The summed E-state index contributed by atoms with van der Waals surface area (Å²) >= 11 is 0. The highest BCUT2D eigenvalue weighted by molar-refractivity contribution is 7.91. The molecule has 0 unspecified atom stereocenters. The van der Waals surface area contributed by atoms with Gasteiger partial charge < -0.3 is 9.47 Å². The molecule has 1 aromatic rings. The summed E-state index contributed by atoms with van der Waals surface area (Å²) < 4.78 is 34.6. The highest BCUT2D eigenvalue weighted by Crippen LogP contribution is 2.16. The van der Waals surface area contributed by atoms with Crippen LogP contribution in [-0.2, 0) is 14.6 Å². The van der Waals surface area contributed by atoms with Gasteiger partial charge in [-0.15, -0.1) is 0 Å². The first kappa shape index (κ1) is 14.3. The topological polar surface area (TPSA) is 55.8 Å². The van der Waals surface area contributed by atoms with Gasteiger partial charge in [-0.05, 0) is 24.3 Å². The lowest BCUT2D eigenvalue weighted by Crippen LogP contribution is -2.39. The van der Waals surface area contributed by atoms with Gasteiger partial charge in [-0.1, -0.05) is 0 Å². The third-order valence-corrected chi connectivity index (χ3v) is 4.91. The minimum absolute atomic E-state index is 0.138. The van der Waals surface area contributed by atoms with E-state index in [0.29, 0.717) is 30.4 Å². The number of ether oxygens (including phenoxy) is 2. The number of hydrogen-bond acceptors (Lipinski definition) is 5. The van der Waals surface area contributed by atoms with E-state index >= 15 is 0 Å². The van der Waals surface area contributed by atoms with Gasteiger partial charge in [0.15, 0.2) is 9.84 Å². The summed E-state index contributed by atoms with van der Waals surface area (Å²) in [5.41, 5.74) is 0. The summed E-state index contributed by atoms with van der Waals surface area (Å²) in [6.07, 6.45) is 0. The van der Waals surface area contributed by atoms with Gasteiger partial charge in [0, 0.05) is 19.6 Å². The van der Waals surface area contributed by atoms with Gasteiger partial charge in [0.1, 0.15) is 5.75 Å². The van der Waals surface area contributed by atoms with Gasteiger partial charge >= 0.3 is 0 Å². The van der Waals surface area contributed by atoms with Crippen LogP contribution in [0.3, 0.4) is 0 Å². The van der Waals surface area contributed by atoms with Crippen LogP contribution in [0.4, 0.5) is 0 Å². The van der Waals surface area contributed by atoms with Crippen LogP contribution in [0, 0.1) is 0 Å². The predicted molar refractivity (Wildman–Crippen MR) is 72.3 cm³/mol. The molecule has 0 atom stereocenters. The molecule has 1 heterocycles. The van der Waals surface area contributed by atoms with Crippen molar-refractivity contribution in [1.29, 1.82) is 0 Å². The smallest absolute Gasteiger partial charge is 0.179 e. The van der Waals surface area contributed by atoms with Crippen LogP contribution in [0.25, 0.3) is 0 Å². The van der Waals surface area contributed by atoms with Crippen LogP contribution in [0.15, 0.2) is 29.2 Å². The number of rotatable bonds is 5. The summed E-state index contributed by atoms with van der Waals surface area (Å²) in [5, 5.41) is 0. The zero-order valence-corrected chi connectivity index (χ0v) is 11.9. The summed E-state index contributed by atoms with van der Waals surface area (Å²) in [6, 6.07) is 6.52. The maximum Gasteiger partial charge on any atom is 0.179 e. The molecule has 5 nitrogen and oxygen atoms in total. The molecule has 0 saturated carbocycles. The van der Waals surface area contributed by atoms with Crippen LogP contribution in [0.1, 0.15) is 0 Å². The number of hydrogen-bond donors (Lipinski definition) is 0. The summed E-state index contributed by atoms with van der Waals surface area (Å²) in [7, 11) is -1.67. The Morgan fingerprint density at radius 1 is 1.21 bits per heavy atom. The van der Waals surface area contributed by atoms with E-state index in [0.717, 1.165) is 13.1 Å². The Kier molecular flexibility index (Phi) is 4.79. The molecule has 0 radical (unpaired) electrons. The second kappa shape index (κ2) is 6.36. The third kappa shape index (κ3) is 3.92. The van der Waals surface area contributed by atoms with Crippen molar-refractivity contribution >= 4 is 9.84 Å². The number of methoxy groups -OCH3 is 1. The maximum absolute atomic E-state index is 12.2. The molecular formula is C13H19NO4S. The quantitative estimate of drug-likeness (QED) is 0.801. The molecule has 1 aromatic carbocycles. The molecule has 0 amide bonds. The van der Waals surface area contributed by atoms with E-state index in [1.165, 1.54) is 0 Å². The van der Waals surface area contributed by atoms with Crippen molar-refractivity contribution in [2.75, 3.05) is 45.7 Å². The average molecular weight is 285 g/mol. The SMILES string of the molecule is COc1ccc(S(=O)(=O)CCN2CCOCC2)cc1. The average Bonchev–Trinajstić information content (AvgIpc) is 2.46. The number of sulfone groups is 1. The van der Waals surface area contributed by atoms with E-state index in [1.54, 1.807) is 31.4 Å². The first-order valence-corrected chi connectivity index (χ1v) is 7.94. The number of benzene rings is 1. The Labute approximate surface area is 114 Å². The number of morpholine rings is 1. The zero-order valence-electron chi connectivity index (χ0n) is 11.0. The maximum atomic E-state index is 12.2. The lowest BCUT2D eigenvalue weighted by atomic mass is 10.3. The van der Waals surface area contributed by atoms with E-state index < -0.39 is 9.84 Å². The summed E-state index contributed by atoms with van der Waals surface area (Å²) in [6.45, 7) is 3.53. The van der Waals surface area contributed by atoms with Gasteiger partial charge in [0.25, 0.3) is 0 Å². The lowest BCUT2D eigenvalue weighted by molar-refractivity contribution is 0.0408. The van der Waals surface area contributed by atoms with Crippen LogP contribution in [0.5, 0.6) is 5.75 Å². The molecule has 6 heteroatoms. The monoisotopic (exact) mass is 285 g/mol. The van der Waals surface area contributed by atoms with Crippen molar-refractivity contribution in [1.82, 2.24) is 4.90 Å². The van der Waals surface area contributed by atoms with Gasteiger partial charge in [-0.2, -0.15) is 0 Å². The van der Waals surface area contributed by atoms with Crippen LogP contribution in [-0.4, -0.2) is 59.0 Å². The van der Waals surface area contributed by atoms with Crippen molar-refractivity contribution in [2.45, 2.75) is 4.90 Å². The molecule has 0 aliphatic carbocycles. The fourth-order valence-electron chi connectivity index (χ4n) is 1.97. The molecule has 0 bridgehead atoms. The minimum Gasteiger partial charge on any atom is -0.497 e. The Bertz CT molecular complexity index is 492. The fraction of sp³-hybridized carbons (Fsp3) is 0.538. The first-order chi connectivity index (χ1) is 9.12. The molecule has 0 spiro atoms. The van der Waals surface area contributed by atoms with E-state index in [2.05, 4.69) is 4.90 Å². The second-order valence-corrected chi connectivity index (χ2v) is 6.56. The van der Waals surface area contributed by atoms with Crippen LogP contribution >= 0.6 is 0 Å². The van der Waals surface area contributed by atoms with Crippen molar-refractivity contribution in [3.63, 3.8) is 0 Å². The Morgan fingerprint density at radius 3 is 2.42 bits per heavy atom. The Hall–Kier alpha value is -1.11. The molecule has 2 rings (SSSR count). The van der Waals surface area contributed by atoms with Crippen LogP contribution in [0.2, 0.25) is 0 Å². The zero-order chi connectivity index (χ0) is 13.7. The molecule has 19 heavy (non-hydrogen) atoms. The third-order valence-electron chi connectivity index (χ3n) is 3.20. The molecule has 0 aromatic heterocycles. The highest BCUT2D eigenvalue weighted by atomic mass is 32.2. The predicted octanol–water partition coefficient (Wildman–Crippen LogP) is 0.801. The van der Waals surface area contributed by atoms with Crippen molar-refractivity contribution in [2.24, 2.45) is 0 Å². The highest BCUT2D eigenvalue weighted by Gasteiger charge is 2.18. The van der Waals surface area contributed by atoms with Gasteiger partial charge in [0.05, 0.1) is 31.0 Å². The lowest BCUT2D eigenvalue weighted by Gasteiger charge is -2.26. The van der Waals surface area contributed by atoms with E-state index in [4.69, 9.17) is 9.47 Å². The largest absolute Gasteiger partial charge is 0.497 e. The van der Waals surface area contributed by atoms with Gasteiger partial charge in [-0.3, -0.25) is 4.90 Å². The van der Waals surface area contributed by atoms with Gasteiger partial charge in [0.2, 0.25) is 0 Å². The normalized spacial score (nSPS) is 17.3.